The average Bonchev–Trinajstić information content (AvgIpc) is 2.67. The van der Waals surface area contributed by atoms with Crippen LogP contribution in [0.3, 0.4) is 0 Å². The van der Waals surface area contributed by atoms with Crippen molar-refractivity contribution in [2.45, 2.75) is 26.7 Å². The number of aromatic nitrogens is 3. The van der Waals surface area contributed by atoms with E-state index in [0.29, 0.717) is 32.1 Å². The van der Waals surface area contributed by atoms with E-state index < -0.39 is 17.5 Å². The molecule has 0 N–H and O–H groups in total. The highest BCUT2D eigenvalue weighted by molar-refractivity contribution is 5.94. The summed E-state index contributed by atoms with van der Waals surface area (Å²) in [5.41, 5.74) is 1.72. The molecule has 0 aliphatic carbocycles. The lowest BCUT2D eigenvalue weighted by Crippen LogP contribution is -2.49. The van der Waals surface area contributed by atoms with Crippen molar-refractivity contribution < 1.29 is 13.6 Å². The van der Waals surface area contributed by atoms with Gasteiger partial charge < -0.3 is 9.80 Å². The van der Waals surface area contributed by atoms with Gasteiger partial charge >= 0.3 is 0 Å². The van der Waals surface area contributed by atoms with Crippen LogP contribution in [0.5, 0.6) is 0 Å². The number of hydrogen-bond acceptors (Lipinski definition) is 5. The van der Waals surface area contributed by atoms with Crippen LogP contribution in [0.1, 0.15) is 35.6 Å². The predicted molar refractivity (Wildman–Crippen MR) is 93.1 cm³/mol. The van der Waals surface area contributed by atoms with Gasteiger partial charge in [-0.15, -0.1) is 5.10 Å². The molecule has 0 radical (unpaired) electrons. The van der Waals surface area contributed by atoms with Gasteiger partial charge in [0.05, 0.1) is 17.0 Å². The molecular formula is C18H21F2N5O. The van der Waals surface area contributed by atoms with Crippen LogP contribution >= 0.6 is 0 Å². The first-order valence-corrected chi connectivity index (χ1v) is 8.75. The van der Waals surface area contributed by atoms with Gasteiger partial charge in [-0.3, -0.25) is 4.79 Å². The summed E-state index contributed by atoms with van der Waals surface area (Å²) in [5, 5.41) is 8.44. The zero-order chi connectivity index (χ0) is 18.7. The van der Waals surface area contributed by atoms with E-state index in [2.05, 4.69) is 15.2 Å². The van der Waals surface area contributed by atoms with Crippen LogP contribution in [0.4, 0.5) is 14.7 Å². The molecule has 6 nitrogen and oxygen atoms in total. The van der Waals surface area contributed by atoms with E-state index in [1.54, 1.807) is 4.90 Å². The minimum Gasteiger partial charge on any atom is -0.336 e. The third-order valence-electron chi connectivity index (χ3n) is 4.51. The lowest BCUT2D eigenvalue weighted by molar-refractivity contribution is 0.0741. The minimum atomic E-state index is -0.840. The first-order valence-electron chi connectivity index (χ1n) is 8.75. The fourth-order valence-corrected chi connectivity index (χ4v) is 3.01. The van der Waals surface area contributed by atoms with Gasteiger partial charge in [0.25, 0.3) is 5.91 Å². The van der Waals surface area contributed by atoms with E-state index in [0.717, 1.165) is 36.4 Å². The Morgan fingerprint density at radius 2 is 1.73 bits per heavy atom. The van der Waals surface area contributed by atoms with Crippen molar-refractivity contribution in [2.24, 2.45) is 0 Å². The molecule has 1 amide bonds. The first-order chi connectivity index (χ1) is 12.5. The van der Waals surface area contributed by atoms with Gasteiger partial charge in [0.15, 0.2) is 0 Å². The maximum Gasteiger partial charge on any atom is 0.256 e. The molecule has 0 unspecified atom stereocenters. The zero-order valence-electron chi connectivity index (χ0n) is 14.9. The third-order valence-corrected chi connectivity index (χ3v) is 4.51. The van der Waals surface area contributed by atoms with Crippen LogP contribution in [0.15, 0.2) is 18.2 Å². The number of anilines is 1. The number of amides is 1. The van der Waals surface area contributed by atoms with Gasteiger partial charge in [0, 0.05) is 32.2 Å². The molecule has 1 aliphatic rings. The van der Waals surface area contributed by atoms with Gasteiger partial charge in [-0.2, -0.15) is 5.10 Å². The fraction of sp³-hybridized carbons (Fsp3) is 0.444. The van der Waals surface area contributed by atoms with Crippen LogP contribution in [0.25, 0.3) is 0 Å². The molecular weight excluding hydrogens is 340 g/mol. The van der Waals surface area contributed by atoms with Crippen LogP contribution < -0.4 is 4.90 Å². The largest absolute Gasteiger partial charge is 0.336 e. The topological polar surface area (TPSA) is 62.2 Å². The fourth-order valence-electron chi connectivity index (χ4n) is 3.01. The number of aryl methyl sites for hydroxylation is 2. The first kappa shape index (κ1) is 18.2. The van der Waals surface area contributed by atoms with Crippen LogP contribution in [0, 0.1) is 11.6 Å². The molecule has 1 aromatic carbocycles. The Morgan fingerprint density at radius 1 is 1.04 bits per heavy atom. The highest BCUT2D eigenvalue weighted by Gasteiger charge is 2.25. The molecule has 0 saturated carbocycles. The van der Waals surface area contributed by atoms with E-state index >= 15 is 0 Å². The molecule has 26 heavy (non-hydrogen) atoms. The van der Waals surface area contributed by atoms with Crippen molar-refractivity contribution in [3.8, 4) is 0 Å². The SMILES string of the molecule is CCc1nnc(N2CCN(C(=O)c3ccc(F)cc3F)CC2)nc1CC. The number of halogens is 2. The van der Waals surface area contributed by atoms with Crippen molar-refractivity contribution in [3.05, 3.63) is 46.8 Å². The van der Waals surface area contributed by atoms with Crippen LogP contribution in [-0.4, -0.2) is 52.2 Å². The number of carbonyl (C=O) groups is 1. The van der Waals surface area contributed by atoms with Gasteiger partial charge in [0.1, 0.15) is 11.6 Å². The molecule has 0 atom stereocenters. The molecule has 1 saturated heterocycles. The number of nitrogens with zero attached hydrogens (tertiary/aromatic N) is 5. The number of rotatable bonds is 4. The molecule has 1 aromatic heterocycles. The summed E-state index contributed by atoms with van der Waals surface area (Å²) in [5.74, 6) is -1.42. The molecule has 1 aliphatic heterocycles. The Balaban J connectivity index is 1.68. The Morgan fingerprint density at radius 3 is 2.35 bits per heavy atom. The second-order valence-electron chi connectivity index (χ2n) is 6.12. The van der Waals surface area contributed by atoms with Crippen molar-refractivity contribution in [1.29, 1.82) is 0 Å². The summed E-state index contributed by atoms with van der Waals surface area (Å²) in [6, 6.07) is 3.00. The Bertz CT molecular complexity index is 806. The average molecular weight is 361 g/mol. The molecule has 1 fully saturated rings. The molecule has 2 aromatic rings. The van der Waals surface area contributed by atoms with E-state index in [-0.39, 0.29) is 5.56 Å². The number of piperazine rings is 1. The van der Waals surface area contributed by atoms with Crippen LogP contribution in [0.2, 0.25) is 0 Å². The standard InChI is InChI=1S/C18H21F2N5O/c1-3-15-16(4-2)22-23-18(21-15)25-9-7-24(8-10-25)17(26)13-6-5-12(19)11-14(13)20/h5-6,11H,3-4,7-10H2,1-2H3. The van der Waals surface area contributed by atoms with E-state index in [1.807, 2.05) is 18.7 Å². The minimum absolute atomic E-state index is 0.113. The molecule has 0 bridgehead atoms. The lowest BCUT2D eigenvalue weighted by atomic mass is 10.1. The summed E-state index contributed by atoms with van der Waals surface area (Å²) in [4.78, 5) is 20.6. The maximum absolute atomic E-state index is 13.8. The molecule has 8 heteroatoms. The van der Waals surface area contributed by atoms with E-state index in [9.17, 15) is 13.6 Å². The molecule has 3 rings (SSSR count). The number of carbonyl (C=O) groups excluding carboxylic acids is 1. The van der Waals surface area contributed by atoms with Crippen molar-refractivity contribution in [1.82, 2.24) is 20.1 Å². The van der Waals surface area contributed by atoms with Gasteiger partial charge in [-0.1, -0.05) is 13.8 Å². The predicted octanol–water partition coefficient (Wildman–Crippen LogP) is 2.24. The second-order valence-corrected chi connectivity index (χ2v) is 6.12. The number of hydrogen-bond donors (Lipinski definition) is 0. The quantitative estimate of drug-likeness (QED) is 0.836. The van der Waals surface area contributed by atoms with Crippen molar-refractivity contribution in [3.63, 3.8) is 0 Å². The van der Waals surface area contributed by atoms with E-state index in [1.165, 1.54) is 6.07 Å². The van der Waals surface area contributed by atoms with Crippen molar-refractivity contribution in [2.75, 3.05) is 31.1 Å². The summed E-state index contributed by atoms with van der Waals surface area (Å²) in [7, 11) is 0. The molecule has 0 spiro atoms. The summed E-state index contributed by atoms with van der Waals surface area (Å²) >= 11 is 0. The third kappa shape index (κ3) is 3.63. The Labute approximate surface area is 150 Å². The summed E-state index contributed by atoms with van der Waals surface area (Å²) in [6.45, 7) is 5.94. The highest BCUT2D eigenvalue weighted by atomic mass is 19.1. The van der Waals surface area contributed by atoms with Crippen molar-refractivity contribution >= 4 is 11.9 Å². The zero-order valence-corrected chi connectivity index (χ0v) is 14.9. The van der Waals surface area contributed by atoms with Gasteiger partial charge in [-0.05, 0) is 25.0 Å². The smallest absolute Gasteiger partial charge is 0.256 e. The van der Waals surface area contributed by atoms with Gasteiger partial charge in [-0.25, -0.2) is 13.8 Å². The van der Waals surface area contributed by atoms with Gasteiger partial charge in [0.2, 0.25) is 5.95 Å². The molecule has 138 valence electrons. The Kier molecular flexibility index (Phi) is 5.39. The number of benzene rings is 1. The van der Waals surface area contributed by atoms with E-state index in [4.69, 9.17) is 0 Å². The Hall–Kier alpha value is -2.64. The van der Waals surface area contributed by atoms with Crippen LogP contribution in [-0.2, 0) is 12.8 Å². The second kappa shape index (κ2) is 7.72. The maximum atomic E-state index is 13.8. The normalized spacial score (nSPS) is 14.6. The summed E-state index contributed by atoms with van der Waals surface area (Å²) in [6.07, 6.45) is 1.57. The molecule has 2 heterocycles. The monoisotopic (exact) mass is 361 g/mol. The highest BCUT2D eigenvalue weighted by Crippen LogP contribution is 2.17. The summed E-state index contributed by atoms with van der Waals surface area (Å²) < 4.78 is 26.8. The lowest BCUT2D eigenvalue weighted by Gasteiger charge is -2.34.